The van der Waals surface area contributed by atoms with Crippen LogP contribution in [0.3, 0.4) is 0 Å². The molecule has 1 saturated heterocycles. The average molecular weight is 441 g/mol. The molecular weight excluding hydrogens is 409 g/mol. The van der Waals surface area contributed by atoms with Gasteiger partial charge in [-0.3, -0.25) is 19.4 Å². The summed E-state index contributed by atoms with van der Waals surface area (Å²) in [4.78, 5) is 28.6. The van der Waals surface area contributed by atoms with Crippen LogP contribution in [-0.2, 0) is 15.8 Å². The van der Waals surface area contributed by atoms with E-state index < -0.39 is 17.6 Å². The van der Waals surface area contributed by atoms with Gasteiger partial charge in [-0.15, -0.1) is 0 Å². The van der Waals surface area contributed by atoms with Crippen molar-refractivity contribution in [2.24, 2.45) is 5.92 Å². The van der Waals surface area contributed by atoms with Crippen LogP contribution >= 0.6 is 0 Å². The maximum absolute atomic E-state index is 13.1. The maximum atomic E-state index is 13.1. The predicted octanol–water partition coefficient (Wildman–Crippen LogP) is 2.96. The van der Waals surface area contributed by atoms with Crippen molar-refractivity contribution >= 4 is 17.5 Å². The SMILES string of the molecule is C[C@@H]1CCCC[C@@H]1NC(=O)CN1CCN(CC(=O)Nc2ccccc2C(F)(F)F)CC1. The summed E-state index contributed by atoms with van der Waals surface area (Å²) in [6.45, 7) is 4.98. The van der Waals surface area contributed by atoms with Gasteiger partial charge in [0.25, 0.3) is 0 Å². The van der Waals surface area contributed by atoms with E-state index >= 15 is 0 Å². The zero-order valence-corrected chi connectivity index (χ0v) is 17.9. The Balaban J connectivity index is 1.41. The number of carbonyl (C=O) groups excluding carboxylic acids is 2. The molecule has 0 radical (unpaired) electrons. The second-order valence-electron chi connectivity index (χ2n) is 8.58. The van der Waals surface area contributed by atoms with Gasteiger partial charge in [0.05, 0.1) is 24.3 Å². The van der Waals surface area contributed by atoms with Crippen molar-refractivity contribution in [3.05, 3.63) is 29.8 Å². The molecule has 1 aliphatic carbocycles. The number of rotatable bonds is 6. The Morgan fingerprint density at radius 1 is 0.968 bits per heavy atom. The second kappa shape index (κ2) is 10.5. The molecule has 2 amide bonds. The summed E-state index contributed by atoms with van der Waals surface area (Å²) in [5.41, 5.74) is -1.08. The first-order valence-electron chi connectivity index (χ1n) is 10.9. The molecule has 0 bridgehead atoms. The van der Waals surface area contributed by atoms with Crippen molar-refractivity contribution in [3.8, 4) is 0 Å². The van der Waals surface area contributed by atoms with Gasteiger partial charge in [0.2, 0.25) is 11.8 Å². The van der Waals surface area contributed by atoms with Crippen LogP contribution in [0.2, 0.25) is 0 Å². The van der Waals surface area contributed by atoms with E-state index in [1.54, 1.807) is 0 Å². The molecule has 2 fully saturated rings. The van der Waals surface area contributed by atoms with Crippen molar-refractivity contribution in [2.75, 3.05) is 44.6 Å². The molecule has 2 aliphatic rings. The van der Waals surface area contributed by atoms with Gasteiger partial charge in [0, 0.05) is 32.2 Å². The predicted molar refractivity (Wildman–Crippen MR) is 113 cm³/mol. The lowest BCUT2D eigenvalue weighted by molar-refractivity contribution is -0.137. The quantitative estimate of drug-likeness (QED) is 0.714. The Morgan fingerprint density at radius 3 is 2.16 bits per heavy atom. The normalized spacial score (nSPS) is 23.4. The van der Waals surface area contributed by atoms with Crippen molar-refractivity contribution in [2.45, 2.75) is 44.8 Å². The fourth-order valence-electron chi connectivity index (χ4n) is 4.32. The molecule has 1 aromatic rings. The Kier molecular flexibility index (Phi) is 7.94. The van der Waals surface area contributed by atoms with Crippen LogP contribution in [0.4, 0.5) is 18.9 Å². The highest BCUT2D eigenvalue weighted by molar-refractivity contribution is 5.93. The summed E-state index contributed by atoms with van der Waals surface area (Å²) in [6, 6.07) is 5.22. The highest BCUT2D eigenvalue weighted by Gasteiger charge is 2.33. The number of anilines is 1. The molecule has 2 atom stereocenters. The summed E-state index contributed by atoms with van der Waals surface area (Å²) < 4.78 is 39.2. The van der Waals surface area contributed by atoms with Gasteiger partial charge in [0.1, 0.15) is 0 Å². The van der Waals surface area contributed by atoms with E-state index in [4.69, 9.17) is 0 Å². The number of carbonyl (C=O) groups is 2. The first-order chi connectivity index (χ1) is 14.7. The minimum atomic E-state index is -4.52. The van der Waals surface area contributed by atoms with Gasteiger partial charge < -0.3 is 10.6 Å². The topological polar surface area (TPSA) is 64.7 Å². The maximum Gasteiger partial charge on any atom is 0.418 e. The number of benzene rings is 1. The molecule has 1 aromatic carbocycles. The average Bonchev–Trinajstić information content (AvgIpc) is 2.71. The number of alkyl halides is 3. The van der Waals surface area contributed by atoms with E-state index in [0.717, 1.165) is 25.3 Å². The Morgan fingerprint density at radius 2 is 1.55 bits per heavy atom. The first-order valence-corrected chi connectivity index (χ1v) is 10.9. The third kappa shape index (κ3) is 6.93. The van der Waals surface area contributed by atoms with E-state index in [9.17, 15) is 22.8 Å². The molecule has 6 nitrogen and oxygen atoms in total. The van der Waals surface area contributed by atoms with Crippen LogP contribution in [0.25, 0.3) is 0 Å². The van der Waals surface area contributed by atoms with Gasteiger partial charge in [-0.1, -0.05) is 31.9 Å². The van der Waals surface area contributed by atoms with Gasteiger partial charge >= 0.3 is 6.18 Å². The van der Waals surface area contributed by atoms with E-state index in [1.165, 1.54) is 24.6 Å². The molecule has 0 spiro atoms. The number of para-hydroxylation sites is 1. The number of amides is 2. The summed E-state index contributed by atoms with van der Waals surface area (Å²) in [6.07, 6.45) is 0.0478. The van der Waals surface area contributed by atoms with Crippen molar-refractivity contribution in [1.29, 1.82) is 0 Å². The van der Waals surface area contributed by atoms with Gasteiger partial charge in [0.15, 0.2) is 0 Å². The smallest absolute Gasteiger partial charge is 0.352 e. The van der Waals surface area contributed by atoms with Crippen molar-refractivity contribution < 1.29 is 22.8 Å². The number of piperazine rings is 1. The zero-order valence-electron chi connectivity index (χ0n) is 17.9. The summed E-state index contributed by atoms with van der Waals surface area (Å²) >= 11 is 0. The summed E-state index contributed by atoms with van der Waals surface area (Å²) in [5.74, 6) is 0.0680. The zero-order chi connectivity index (χ0) is 22.4. The fraction of sp³-hybridized carbons (Fsp3) is 0.636. The van der Waals surface area contributed by atoms with Gasteiger partial charge in [-0.25, -0.2) is 0 Å². The minimum Gasteiger partial charge on any atom is -0.352 e. The number of halogens is 3. The molecule has 3 rings (SSSR count). The molecule has 1 heterocycles. The summed E-state index contributed by atoms with van der Waals surface area (Å²) in [5, 5.41) is 5.53. The molecule has 1 aliphatic heterocycles. The van der Waals surface area contributed by atoms with E-state index in [0.29, 0.717) is 38.6 Å². The van der Waals surface area contributed by atoms with Crippen molar-refractivity contribution in [1.82, 2.24) is 15.1 Å². The molecule has 9 heteroatoms. The van der Waals surface area contributed by atoms with Crippen molar-refractivity contribution in [3.63, 3.8) is 0 Å². The summed E-state index contributed by atoms with van der Waals surface area (Å²) in [7, 11) is 0. The number of nitrogens with zero attached hydrogens (tertiary/aromatic N) is 2. The van der Waals surface area contributed by atoms with E-state index in [1.807, 2.05) is 4.90 Å². The number of hydrogen-bond donors (Lipinski definition) is 2. The van der Waals surface area contributed by atoms with Crippen LogP contribution in [0, 0.1) is 5.92 Å². The largest absolute Gasteiger partial charge is 0.418 e. The standard InChI is InChI=1S/C22H31F3N4O2/c1-16-6-2-4-8-18(16)26-20(30)14-28-10-12-29(13-11-28)15-21(31)27-19-9-5-3-7-17(19)22(23,24)25/h3,5,7,9,16,18H,2,4,6,8,10-15H2,1H3,(H,26,30)(H,27,31)/t16-,18+/m1/s1. The second-order valence-corrected chi connectivity index (χ2v) is 8.58. The van der Waals surface area contributed by atoms with Crippen LogP contribution in [-0.4, -0.2) is 66.9 Å². The van der Waals surface area contributed by atoms with E-state index in [2.05, 4.69) is 22.5 Å². The molecular formula is C22H31F3N4O2. The minimum absolute atomic E-state index is 0.0197. The first kappa shape index (κ1) is 23.5. The lowest BCUT2D eigenvalue weighted by atomic mass is 9.86. The molecule has 0 unspecified atom stereocenters. The fourth-order valence-corrected chi connectivity index (χ4v) is 4.32. The van der Waals surface area contributed by atoms with Crippen LogP contribution in [0.5, 0.6) is 0 Å². The number of hydrogen-bond acceptors (Lipinski definition) is 4. The highest BCUT2D eigenvalue weighted by atomic mass is 19.4. The van der Waals surface area contributed by atoms with Gasteiger partial charge in [-0.2, -0.15) is 13.2 Å². The monoisotopic (exact) mass is 440 g/mol. The number of nitrogens with one attached hydrogen (secondary N) is 2. The Labute approximate surface area is 181 Å². The third-order valence-corrected chi connectivity index (χ3v) is 6.16. The Bertz CT molecular complexity index is 763. The van der Waals surface area contributed by atoms with Gasteiger partial charge in [-0.05, 0) is 30.9 Å². The van der Waals surface area contributed by atoms with Crippen LogP contribution in [0.15, 0.2) is 24.3 Å². The lowest BCUT2D eigenvalue weighted by Gasteiger charge is -2.35. The highest BCUT2D eigenvalue weighted by Crippen LogP contribution is 2.34. The third-order valence-electron chi connectivity index (χ3n) is 6.16. The molecule has 31 heavy (non-hydrogen) atoms. The molecule has 0 aromatic heterocycles. The van der Waals surface area contributed by atoms with E-state index in [-0.39, 0.29) is 24.2 Å². The van der Waals surface area contributed by atoms with Crippen LogP contribution < -0.4 is 10.6 Å². The molecule has 2 N–H and O–H groups in total. The molecule has 172 valence electrons. The van der Waals surface area contributed by atoms with Crippen LogP contribution in [0.1, 0.15) is 38.2 Å². The lowest BCUT2D eigenvalue weighted by Crippen LogP contribution is -2.52. The molecule has 1 saturated carbocycles. The Hall–Kier alpha value is -2.13.